The van der Waals surface area contributed by atoms with Gasteiger partial charge in [0.25, 0.3) is 0 Å². The second-order valence-electron chi connectivity index (χ2n) is 5.55. The van der Waals surface area contributed by atoms with Crippen molar-refractivity contribution in [2.45, 2.75) is 33.1 Å². The third-order valence-corrected chi connectivity index (χ3v) is 4.85. The summed E-state index contributed by atoms with van der Waals surface area (Å²) in [6.45, 7) is 4.36. The number of benzene rings is 1. The number of guanidine groups is 1. The maximum absolute atomic E-state index is 13.2. The molecule has 0 aliphatic carbocycles. The van der Waals surface area contributed by atoms with Gasteiger partial charge < -0.3 is 15.4 Å². The summed E-state index contributed by atoms with van der Waals surface area (Å²) in [6, 6.07) is 3.90. The van der Waals surface area contributed by atoms with Crippen LogP contribution in [0.3, 0.4) is 0 Å². The Balaban J connectivity index is 2.04. The molecule has 1 aromatic heterocycles. The summed E-state index contributed by atoms with van der Waals surface area (Å²) in [4.78, 5) is 9.59. The molecule has 0 saturated carbocycles. The van der Waals surface area contributed by atoms with Crippen molar-refractivity contribution in [3.8, 4) is 5.75 Å². The van der Waals surface area contributed by atoms with Crippen LogP contribution < -0.4 is 15.4 Å². The van der Waals surface area contributed by atoms with Crippen LogP contribution in [-0.2, 0) is 19.3 Å². The monoisotopic (exact) mass is 386 g/mol. The van der Waals surface area contributed by atoms with Crippen molar-refractivity contribution in [3.63, 3.8) is 0 Å². The molecule has 142 valence electrons. The first-order valence-corrected chi connectivity index (χ1v) is 8.67. The van der Waals surface area contributed by atoms with Crippen LogP contribution in [0.5, 0.6) is 5.75 Å². The molecule has 0 atom stereocenters. The minimum Gasteiger partial charge on any atom is -0.497 e. The highest BCUT2D eigenvalue weighted by molar-refractivity contribution is 7.11. The van der Waals surface area contributed by atoms with Gasteiger partial charge in [0.2, 0.25) is 0 Å². The van der Waals surface area contributed by atoms with E-state index in [1.54, 1.807) is 18.4 Å². The number of thiazole rings is 1. The molecule has 1 heterocycles. The summed E-state index contributed by atoms with van der Waals surface area (Å²) in [5.74, 6) is 0.567. The lowest BCUT2D eigenvalue weighted by molar-refractivity contribution is -0.138. The number of halogens is 3. The highest BCUT2D eigenvalue weighted by Gasteiger charge is 2.33. The van der Waals surface area contributed by atoms with Crippen molar-refractivity contribution in [2.75, 3.05) is 14.2 Å². The molecule has 0 aliphatic heterocycles. The van der Waals surface area contributed by atoms with Crippen LogP contribution in [0.2, 0.25) is 0 Å². The van der Waals surface area contributed by atoms with Crippen LogP contribution in [0.25, 0.3) is 0 Å². The Morgan fingerprint density at radius 2 is 1.92 bits per heavy atom. The lowest BCUT2D eigenvalue weighted by Crippen LogP contribution is -2.36. The van der Waals surface area contributed by atoms with E-state index in [1.165, 1.54) is 19.2 Å². The SMILES string of the molecule is CN=C(NCc1nc(C)c(C)s1)NCc1ccc(OC)cc1C(F)(F)F. The zero-order valence-electron chi connectivity index (χ0n) is 15.0. The Morgan fingerprint density at radius 1 is 1.23 bits per heavy atom. The van der Waals surface area contributed by atoms with E-state index in [-0.39, 0.29) is 17.9 Å². The molecule has 26 heavy (non-hydrogen) atoms. The molecule has 0 aliphatic rings. The second-order valence-corrected chi connectivity index (χ2v) is 6.84. The quantitative estimate of drug-likeness (QED) is 0.608. The molecule has 5 nitrogen and oxygen atoms in total. The highest BCUT2D eigenvalue weighted by atomic mass is 32.1. The minimum atomic E-state index is -4.46. The van der Waals surface area contributed by atoms with E-state index in [9.17, 15) is 13.2 Å². The van der Waals surface area contributed by atoms with E-state index in [0.29, 0.717) is 12.5 Å². The maximum atomic E-state index is 13.2. The molecule has 0 saturated heterocycles. The Morgan fingerprint density at radius 3 is 2.46 bits per heavy atom. The fourth-order valence-corrected chi connectivity index (χ4v) is 3.15. The predicted octanol–water partition coefficient (Wildman–Crippen LogP) is 3.65. The number of methoxy groups -OCH3 is 1. The standard InChI is InChI=1S/C17H21F3N4OS/c1-10-11(2)26-15(24-10)9-23-16(21-3)22-8-12-5-6-13(25-4)7-14(12)17(18,19)20/h5-7H,8-9H2,1-4H3,(H2,21,22,23). The summed E-state index contributed by atoms with van der Waals surface area (Å²) in [5, 5.41) is 6.85. The van der Waals surface area contributed by atoms with Gasteiger partial charge >= 0.3 is 6.18 Å². The zero-order valence-corrected chi connectivity index (χ0v) is 15.8. The molecule has 0 unspecified atom stereocenters. The third-order valence-electron chi connectivity index (χ3n) is 3.77. The topological polar surface area (TPSA) is 58.5 Å². The average Bonchev–Trinajstić information content (AvgIpc) is 2.92. The van der Waals surface area contributed by atoms with Crippen LogP contribution in [0.15, 0.2) is 23.2 Å². The van der Waals surface area contributed by atoms with Crippen LogP contribution >= 0.6 is 11.3 Å². The molecule has 1 aromatic carbocycles. The second kappa shape index (κ2) is 8.39. The fraction of sp³-hybridized carbons (Fsp3) is 0.412. The molecule has 0 radical (unpaired) electrons. The van der Waals surface area contributed by atoms with E-state index in [0.717, 1.165) is 21.6 Å². The first kappa shape index (κ1) is 20.0. The van der Waals surface area contributed by atoms with E-state index in [2.05, 4.69) is 20.6 Å². The van der Waals surface area contributed by atoms with Gasteiger partial charge in [0.1, 0.15) is 10.8 Å². The average molecular weight is 386 g/mol. The van der Waals surface area contributed by atoms with Gasteiger partial charge in [-0.25, -0.2) is 4.98 Å². The van der Waals surface area contributed by atoms with E-state index in [1.807, 2.05) is 13.8 Å². The first-order chi connectivity index (χ1) is 12.2. The molecule has 9 heteroatoms. The maximum Gasteiger partial charge on any atom is 0.416 e. The van der Waals surface area contributed by atoms with Crippen LogP contribution in [0, 0.1) is 13.8 Å². The number of rotatable bonds is 5. The van der Waals surface area contributed by atoms with Crippen molar-refractivity contribution in [1.82, 2.24) is 15.6 Å². The van der Waals surface area contributed by atoms with Crippen LogP contribution in [0.4, 0.5) is 13.2 Å². The van der Waals surface area contributed by atoms with Gasteiger partial charge in [-0.3, -0.25) is 4.99 Å². The molecular formula is C17H21F3N4OS. The van der Waals surface area contributed by atoms with E-state index < -0.39 is 11.7 Å². The summed E-state index contributed by atoms with van der Waals surface area (Å²) in [5.41, 5.74) is 0.357. The minimum absolute atomic E-state index is 0.0194. The van der Waals surface area contributed by atoms with E-state index >= 15 is 0 Å². The molecule has 0 amide bonds. The number of hydrogen-bond donors (Lipinski definition) is 2. The molecule has 2 aromatic rings. The Hall–Kier alpha value is -2.29. The Labute approximate surface area is 154 Å². The van der Waals surface area contributed by atoms with Crippen molar-refractivity contribution in [2.24, 2.45) is 4.99 Å². The van der Waals surface area contributed by atoms with Gasteiger partial charge in [-0.2, -0.15) is 13.2 Å². The lowest BCUT2D eigenvalue weighted by Gasteiger charge is -2.16. The number of aryl methyl sites for hydroxylation is 2. The third kappa shape index (κ3) is 5.10. The Bertz CT molecular complexity index is 767. The molecule has 0 fully saturated rings. The first-order valence-electron chi connectivity index (χ1n) is 7.86. The molecule has 0 bridgehead atoms. The van der Waals surface area contributed by atoms with Crippen LogP contribution in [-0.4, -0.2) is 25.1 Å². The van der Waals surface area contributed by atoms with Gasteiger partial charge in [-0.1, -0.05) is 6.07 Å². The highest BCUT2D eigenvalue weighted by Crippen LogP contribution is 2.34. The number of alkyl halides is 3. The number of aliphatic imine (C=N–C) groups is 1. The van der Waals surface area contributed by atoms with Crippen molar-refractivity contribution in [3.05, 3.63) is 44.9 Å². The molecule has 2 N–H and O–H groups in total. The Kier molecular flexibility index (Phi) is 6.47. The number of nitrogens with zero attached hydrogens (tertiary/aromatic N) is 2. The predicted molar refractivity (Wildman–Crippen MR) is 96.6 cm³/mol. The van der Waals surface area contributed by atoms with Crippen molar-refractivity contribution >= 4 is 17.3 Å². The van der Waals surface area contributed by atoms with Gasteiger partial charge in [-0.05, 0) is 31.5 Å². The lowest BCUT2D eigenvalue weighted by atomic mass is 10.1. The van der Waals surface area contributed by atoms with Gasteiger partial charge in [0.05, 0.1) is 24.9 Å². The van der Waals surface area contributed by atoms with Gasteiger partial charge in [0, 0.05) is 18.5 Å². The van der Waals surface area contributed by atoms with Gasteiger partial charge in [0.15, 0.2) is 5.96 Å². The summed E-state index contributed by atoms with van der Waals surface area (Å²) in [7, 11) is 2.90. The summed E-state index contributed by atoms with van der Waals surface area (Å²) in [6.07, 6.45) is -4.46. The summed E-state index contributed by atoms with van der Waals surface area (Å²) >= 11 is 1.57. The molecular weight excluding hydrogens is 365 g/mol. The number of hydrogen-bond acceptors (Lipinski definition) is 4. The zero-order chi connectivity index (χ0) is 19.3. The normalized spacial score (nSPS) is 12.2. The molecule has 0 spiro atoms. The van der Waals surface area contributed by atoms with E-state index in [4.69, 9.17) is 4.74 Å². The van der Waals surface area contributed by atoms with Crippen molar-refractivity contribution in [1.29, 1.82) is 0 Å². The van der Waals surface area contributed by atoms with Crippen molar-refractivity contribution < 1.29 is 17.9 Å². The number of aromatic nitrogens is 1. The fourth-order valence-electron chi connectivity index (χ4n) is 2.27. The smallest absolute Gasteiger partial charge is 0.416 e. The number of ether oxygens (including phenoxy) is 1. The number of nitrogens with one attached hydrogen (secondary N) is 2. The van der Waals surface area contributed by atoms with Crippen LogP contribution in [0.1, 0.15) is 26.7 Å². The molecule has 2 rings (SSSR count). The van der Waals surface area contributed by atoms with Gasteiger partial charge in [-0.15, -0.1) is 11.3 Å². The largest absolute Gasteiger partial charge is 0.497 e. The summed E-state index contributed by atoms with van der Waals surface area (Å²) < 4.78 is 44.6.